The molecule has 1 N–H and O–H groups in total. The summed E-state index contributed by atoms with van der Waals surface area (Å²) in [5.41, 5.74) is 0.939. The van der Waals surface area contributed by atoms with E-state index in [0.717, 1.165) is 11.1 Å². The molecule has 218 valence electrons. The van der Waals surface area contributed by atoms with Gasteiger partial charge in [0, 0.05) is 55.9 Å². The van der Waals surface area contributed by atoms with E-state index in [2.05, 4.69) is 10.1 Å². The zero-order valence-electron chi connectivity index (χ0n) is 23.2. The second-order valence-electron chi connectivity index (χ2n) is 11.4. The van der Waals surface area contributed by atoms with Crippen LogP contribution in [0.3, 0.4) is 0 Å². The van der Waals surface area contributed by atoms with E-state index in [1.54, 1.807) is 29.2 Å². The molecule has 0 saturated carbocycles. The molecule has 2 fully saturated rings. The van der Waals surface area contributed by atoms with Gasteiger partial charge in [0.05, 0.1) is 25.9 Å². The van der Waals surface area contributed by atoms with Gasteiger partial charge in [0.2, 0.25) is 0 Å². The van der Waals surface area contributed by atoms with Crippen LogP contribution in [-0.2, 0) is 11.2 Å². The number of aromatic nitrogens is 2. The van der Waals surface area contributed by atoms with Gasteiger partial charge in [-0.3, -0.25) is 4.79 Å². The van der Waals surface area contributed by atoms with E-state index < -0.39 is 17.9 Å². The zero-order valence-corrected chi connectivity index (χ0v) is 23.2. The monoisotopic (exact) mass is 568 g/mol. The van der Waals surface area contributed by atoms with E-state index in [1.165, 1.54) is 0 Å². The molecule has 6 rings (SSSR count). The number of hydrogen-bond acceptors (Lipinski definition) is 8. The summed E-state index contributed by atoms with van der Waals surface area (Å²) in [5.74, 6) is -2.04. The van der Waals surface area contributed by atoms with Crippen molar-refractivity contribution in [3.05, 3.63) is 59.4 Å². The molecular formula is C30H34F2N4O5. The Hall–Kier alpha value is -3.57. The molecule has 11 heteroatoms. The molecule has 2 saturated heterocycles. The topological polar surface area (TPSA) is 101 Å². The molecule has 1 spiro atoms. The summed E-state index contributed by atoms with van der Waals surface area (Å²) in [4.78, 5) is 20.9. The Labute approximate surface area is 237 Å². The average molecular weight is 569 g/mol. The fraction of sp³-hybridized carbons (Fsp3) is 0.500. The van der Waals surface area contributed by atoms with Gasteiger partial charge < -0.3 is 28.9 Å². The normalized spacial score (nSPS) is 21.6. The highest BCUT2D eigenvalue weighted by molar-refractivity contribution is 5.95. The minimum atomic E-state index is -3.06. The first-order valence-corrected chi connectivity index (χ1v) is 14.1. The maximum Gasteiger partial charge on any atom is 0.324 e. The Kier molecular flexibility index (Phi) is 7.19. The maximum absolute atomic E-state index is 15.7. The van der Waals surface area contributed by atoms with Gasteiger partial charge in [-0.2, -0.15) is 4.98 Å². The van der Waals surface area contributed by atoms with Crippen LogP contribution >= 0.6 is 0 Å². The van der Waals surface area contributed by atoms with E-state index >= 15 is 8.78 Å². The lowest BCUT2D eigenvalue weighted by Gasteiger charge is -2.48. The highest BCUT2D eigenvalue weighted by atomic mass is 19.3. The van der Waals surface area contributed by atoms with Crippen LogP contribution in [-0.4, -0.2) is 83.1 Å². The van der Waals surface area contributed by atoms with Crippen LogP contribution in [0.2, 0.25) is 0 Å². The number of fused-ring (bicyclic) bond motifs is 1. The van der Waals surface area contributed by atoms with Gasteiger partial charge in [-0.1, -0.05) is 37.2 Å². The average Bonchev–Trinajstić information content (AvgIpc) is 3.48. The first-order valence-electron chi connectivity index (χ1n) is 14.1. The van der Waals surface area contributed by atoms with Gasteiger partial charge in [0.1, 0.15) is 5.75 Å². The molecule has 1 amide bonds. The molecule has 1 unspecified atom stereocenters. The summed E-state index contributed by atoms with van der Waals surface area (Å²) in [7, 11) is 0. The number of morpholine rings is 1. The molecule has 9 nitrogen and oxygen atoms in total. The molecule has 2 aromatic carbocycles. The predicted molar refractivity (Wildman–Crippen MR) is 146 cm³/mol. The lowest BCUT2D eigenvalue weighted by Crippen LogP contribution is -2.61. The number of amides is 1. The Bertz CT molecular complexity index is 1400. The molecule has 1 atom stereocenters. The number of aliphatic hydroxyl groups is 1. The van der Waals surface area contributed by atoms with Crippen molar-refractivity contribution in [2.24, 2.45) is 0 Å². The van der Waals surface area contributed by atoms with Gasteiger partial charge in [0.15, 0.2) is 11.4 Å². The highest BCUT2D eigenvalue weighted by Crippen LogP contribution is 2.49. The molecule has 3 aromatic rings. The van der Waals surface area contributed by atoms with Crippen LogP contribution in [0.1, 0.15) is 54.4 Å². The van der Waals surface area contributed by atoms with Crippen LogP contribution < -0.4 is 9.64 Å². The highest BCUT2D eigenvalue weighted by Gasteiger charge is 2.59. The van der Waals surface area contributed by atoms with E-state index in [9.17, 15) is 9.90 Å². The number of aliphatic hydroxyl groups excluding tert-OH is 1. The van der Waals surface area contributed by atoms with Crippen molar-refractivity contribution in [1.29, 1.82) is 0 Å². The van der Waals surface area contributed by atoms with Gasteiger partial charge in [-0.25, -0.2) is 8.78 Å². The largest absolute Gasteiger partial charge is 0.481 e. The van der Waals surface area contributed by atoms with Crippen molar-refractivity contribution >= 4 is 11.9 Å². The Morgan fingerprint density at radius 1 is 1.10 bits per heavy atom. The van der Waals surface area contributed by atoms with Gasteiger partial charge >= 0.3 is 6.01 Å². The molecule has 3 aliphatic rings. The number of hydrogen-bond donors (Lipinski definition) is 1. The van der Waals surface area contributed by atoms with Gasteiger partial charge in [-0.05, 0) is 35.4 Å². The Morgan fingerprint density at radius 3 is 2.51 bits per heavy atom. The van der Waals surface area contributed by atoms with E-state index in [0.29, 0.717) is 61.6 Å². The predicted octanol–water partition coefficient (Wildman–Crippen LogP) is 4.30. The van der Waals surface area contributed by atoms with Crippen molar-refractivity contribution in [1.82, 2.24) is 15.0 Å². The van der Waals surface area contributed by atoms with Gasteiger partial charge in [-0.15, -0.1) is 0 Å². The number of alkyl halides is 2. The van der Waals surface area contributed by atoms with Crippen molar-refractivity contribution < 1.29 is 32.7 Å². The summed E-state index contributed by atoms with van der Waals surface area (Å²) < 4.78 is 48.3. The molecule has 1 aromatic heterocycles. The van der Waals surface area contributed by atoms with Crippen molar-refractivity contribution in [3.8, 4) is 16.9 Å². The number of ether oxygens (including phenoxy) is 2. The van der Waals surface area contributed by atoms with Crippen molar-refractivity contribution in [3.63, 3.8) is 0 Å². The number of anilines is 1. The maximum atomic E-state index is 15.7. The molecule has 0 bridgehead atoms. The third kappa shape index (κ3) is 5.05. The number of piperidine rings is 1. The molecule has 4 heterocycles. The van der Waals surface area contributed by atoms with Gasteiger partial charge in [0.25, 0.3) is 11.8 Å². The number of carbonyl (C=O) groups excluding carboxylic acids is 1. The second kappa shape index (κ2) is 10.7. The minimum Gasteiger partial charge on any atom is -0.481 e. The van der Waals surface area contributed by atoms with E-state index in [-0.39, 0.29) is 37.3 Å². The molecule has 0 radical (unpaired) electrons. The quantitative estimate of drug-likeness (QED) is 0.486. The summed E-state index contributed by atoms with van der Waals surface area (Å²) in [5, 5.41) is 13.6. The van der Waals surface area contributed by atoms with Crippen LogP contribution in [0.5, 0.6) is 5.75 Å². The molecule has 0 aliphatic carbocycles. The van der Waals surface area contributed by atoms with Crippen LogP contribution in [0.15, 0.2) is 47.0 Å². The lowest BCUT2D eigenvalue weighted by molar-refractivity contribution is -0.185. The molecule has 3 aliphatic heterocycles. The summed E-state index contributed by atoms with van der Waals surface area (Å²) >= 11 is 0. The summed E-state index contributed by atoms with van der Waals surface area (Å²) in [6.45, 7) is 5.59. The van der Waals surface area contributed by atoms with Crippen LogP contribution in [0.4, 0.5) is 14.8 Å². The minimum absolute atomic E-state index is 0.117. The number of rotatable bonds is 5. The van der Waals surface area contributed by atoms with Crippen LogP contribution in [0.25, 0.3) is 11.1 Å². The fourth-order valence-electron chi connectivity index (χ4n) is 5.84. The number of nitrogens with zero attached hydrogens (tertiary/aromatic N) is 4. The fourth-order valence-corrected chi connectivity index (χ4v) is 5.84. The second-order valence-corrected chi connectivity index (χ2v) is 11.4. The molecule has 41 heavy (non-hydrogen) atoms. The standard InChI is InChI=1S/C30H34F2N4O5/c1-19(2)26-33-28(41-34-26)35-11-9-29(10-12-35)30(31,32)16-23-15-22(7-8-25(23)40-29)20-3-5-21(6-4-20)27(38)36-13-14-39-18-24(36)17-37/h3-8,15,19,24,37H,9-14,16-18H2,1-2H3. The SMILES string of the molecule is CC(C)c1noc(N2CCC3(CC2)Oc2ccc(-c4ccc(C(=O)N5CCOCC5CO)cc4)cc2CC3(F)F)n1. The third-order valence-electron chi connectivity index (χ3n) is 8.40. The number of carbonyl (C=O) groups is 1. The summed E-state index contributed by atoms with van der Waals surface area (Å²) in [6.07, 6.45) is -0.142. The smallest absolute Gasteiger partial charge is 0.324 e. The molecular weight excluding hydrogens is 534 g/mol. The first-order chi connectivity index (χ1) is 19.7. The number of benzene rings is 2. The van der Waals surface area contributed by atoms with Crippen LogP contribution in [0, 0.1) is 0 Å². The first kappa shape index (κ1) is 27.6. The van der Waals surface area contributed by atoms with E-state index in [4.69, 9.17) is 14.0 Å². The Morgan fingerprint density at radius 2 is 1.83 bits per heavy atom. The number of halogens is 2. The van der Waals surface area contributed by atoms with Crippen molar-refractivity contribution in [2.75, 3.05) is 44.4 Å². The zero-order chi connectivity index (χ0) is 28.8. The van der Waals surface area contributed by atoms with E-state index in [1.807, 2.05) is 36.9 Å². The lowest BCUT2D eigenvalue weighted by atomic mass is 9.79. The third-order valence-corrected chi connectivity index (χ3v) is 8.40. The summed E-state index contributed by atoms with van der Waals surface area (Å²) in [6, 6.07) is 12.4. The Balaban J connectivity index is 1.16. The van der Waals surface area contributed by atoms with Crippen molar-refractivity contribution in [2.45, 2.75) is 56.6 Å².